The van der Waals surface area contributed by atoms with E-state index in [-0.39, 0.29) is 12.0 Å². The lowest BCUT2D eigenvalue weighted by Gasteiger charge is -2.21. The van der Waals surface area contributed by atoms with Crippen LogP contribution in [0.1, 0.15) is 18.6 Å². The number of nitrogens with zero attached hydrogens (tertiary/aromatic N) is 2. The zero-order valence-electron chi connectivity index (χ0n) is 13.6. The van der Waals surface area contributed by atoms with Crippen LogP contribution in [0.4, 0.5) is 5.13 Å². The van der Waals surface area contributed by atoms with E-state index in [1.807, 2.05) is 30.3 Å². The molecule has 0 bridgehead atoms. The summed E-state index contributed by atoms with van der Waals surface area (Å²) in [6, 6.07) is 11.5. The third-order valence-electron chi connectivity index (χ3n) is 4.12. The lowest BCUT2D eigenvalue weighted by Crippen LogP contribution is -2.36. The maximum atomic E-state index is 12.8. The van der Waals surface area contributed by atoms with Crippen LogP contribution < -0.4 is 4.90 Å². The van der Waals surface area contributed by atoms with Gasteiger partial charge in [-0.05, 0) is 43.2 Å². The van der Waals surface area contributed by atoms with Gasteiger partial charge >= 0.3 is 0 Å². The lowest BCUT2D eigenvalue weighted by molar-refractivity contribution is -0.114. The van der Waals surface area contributed by atoms with Crippen molar-refractivity contribution in [2.45, 2.75) is 18.9 Å². The van der Waals surface area contributed by atoms with E-state index in [2.05, 4.69) is 4.98 Å². The predicted molar refractivity (Wildman–Crippen MR) is 98.7 cm³/mol. The molecule has 1 aromatic carbocycles. The third-order valence-corrected chi connectivity index (χ3v) is 5.18. The van der Waals surface area contributed by atoms with Crippen molar-refractivity contribution in [2.24, 2.45) is 0 Å². The topological polar surface area (TPSA) is 55.6 Å². The number of anilines is 1. The molecular weight excluding hydrogens is 336 g/mol. The zero-order chi connectivity index (χ0) is 17.1. The highest BCUT2D eigenvalue weighted by Gasteiger charge is 2.25. The summed E-state index contributed by atoms with van der Waals surface area (Å²) in [5.41, 5.74) is 0.905. The minimum Gasteiger partial charge on any atom is -0.465 e. The number of rotatable bonds is 5. The van der Waals surface area contributed by atoms with Crippen molar-refractivity contribution in [3.05, 3.63) is 54.5 Å². The number of benzene rings is 1. The van der Waals surface area contributed by atoms with E-state index < -0.39 is 0 Å². The highest BCUT2D eigenvalue weighted by molar-refractivity contribution is 7.22. The molecule has 3 aromatic rings. The predicted octanol–water partition coefficient (Wildman–Crippen LogP) is 4.11. The smallest absolute Gasteiger partial charge is 0.252 e. The number of ether oxygens (including phenoxy) is 1. The van der Waals surface area contributed by atoms with E-state index in [4.69, 9.17) is 9.15 Å². The first-order chi connectivity index (χ1) is 12.3. The SMILES string of the molecule is O=C(/C=C/c1ccco1)N(CC1CCCO1)c1nc2ccccc2s1. The molecule has 1 aliphatic rings. The van der Waals surface area contributed by atoms with Crippen LogP contribution in [0.2, 0.25) is 0 Å². The van der Waals surface area contributed by atoms with Gasteiger partial charge in [-0.2, -0.15) is 0 Å². The number of para-hydroxylation sites is 1. The number of aromatic nitrogens is 1. The van der Waals surface area contributed by atoms with Crippen molar-refractivity contribution in [1.29, 1.82) is 0 Å². The van der Waals surface area contributed by atoms with Crippen LogP contribution in [-0.4, -0.2) is 30.1 Å². The van der Waals surface area contributed by atoms with Crippen LogP contribution >= 0.6 is 11.3 Å². The van der Waals surface area contributed by atoms with E-state index in [0.717, 1.165) is 29.7 Å². The zero-order valence-corrected chi connectivity index (χ0v) is 14.4. The molecule has 1 fully saturated rings. The van der Waals surface area contributed by atoms with E-state index in [0.29, 0.717) is 17.4 Å². The molecule has 1 atom stereocenters. The minimum atomic E-state index is -0.119. The van der Waals surface area contributed by atoms with Gasteiger partial charge in [0.15, 0.2) is 5.13 Å². The molecule has 1 aliphatic heterocycles. The lowest BCUT2D eigenvalue weighted by atomic mass is 10.2. The Labute approximate surface area is 149 Å². The van der Waals surface area contributed by atoms with E-state index in [1.165, 1.54) is 17.4 Å². The Hall–Kier alpha value is -2.44. The molecular formula is C19H18N2O3S. The molecule has 0 radical (unpaired) electrons. The van der Waals surface area contributed by atoms with Gasteiger partial charge in [0.25, 0.3) is 5.91 Å². The van der Waals surface area contributed by atoms with Crippen LogP contribution in [0.25, 0.3) is 16.3 Å². The maximum absolute atomic E-state index is 12.8. The number of fused-ring (bicyclic) bond motifs is 1. The summed E-state index contributed by atoms with van der Waals surface area (Å²) in [6.45, 7) is 1.27. The Bertz CT molecular complexity index is 846. The first kappa shape index (κ1) is 16.1. The summed E-state index contributed by atoms with van der Waals surface area (Å²) in [6.07, 6.45) is 6.86. The molecule has 0 N–H and O–H groups in total. The van der Waals surface area contributed by atoms with Crippen LogP contribution in [0.5, 0.6) is 0 Å². The molecule has 5 nitrogen and oxygen atoms in total. The second kappa shape index (κ2) is 7.21. The van der Waals surface area contributed by atoms with E-state index in [9.17, 15) is 4.79 Å². The van der Waals surface area contributed by atoms with E-state index in [1.54, 1.807) is 23.3 Å². The third kappa shape index (κ3) is 3.65. The number of carbonyl (C=O) groups excluding carboxylic acids is 1. The largest absolute Gasteiger partial charge is 0.465 e. The summed E-state index contributed by atoms with van der Waals surface area (Å²) in [7, 11) is 0. The Morgan fingerprint density at radius 2 is 2.24 bits per heavy atom. The normalized spacial score (nSPS) is 17.5. The van der Waals surface area contributed by atoms with E-state index >= 15 is 0 Å². The summed E-state index contributed by atoms with van der Waals surface area (Å²) < 4.78 is 12.0. The van der Waals surface area contributed by atoms with Crippen molar-refractivity contribution < 1.29 is 13.9 Å². The first-order valence-electron chi connectivity index (χ1n) is 8.30. The molecule has 2 aromatic heterocycles. The fraction of sp³-hybridized carbons (Fsp3) is 0.263. The number of amides is 1. The molecule has 0 saturated carbocycles. The number of hydrogen-bond acceptors (Lipinski definition) is 5. The van der Waals surface area contributed by atoms with Crippen LogP contribution in [0, 0.1) is 0 Å². The van der Waals surface area contributed by atoms with Crippen molar-refractivity contribution >= 4 is 38.7 Å². The average molecular weight is 354 g/mol. The fourth-order valence-corrected chi connectivity index (χ4v) is 3.84. The fourth-order valence-electron chi connectivity index (χ4n) is 2.86. The highest BCUT2D eigenvalue weighted by Crippen LogP contribution is 2.30. The number of thiazole rings is 1. The molecule has 6 heteroatoms. The second-order valence-electron chi connectivity index (χ2n) is 5.90. The number of carbonyl (C=O) groups is 1. The molecule has 1 saturated heterocycles. The first-order valence-corrected chi connectivity index (χ1v) is 9.11. The molecule has 0 aliphatic carbocycles. The Kier molecular flexibility index (Phi) is 4.63. The summed E-state index contributed by atoms with van der Waals surface area (Å²) in [5, 5.41) is 0.700. The van der Waals surface area contributed by atoms with Crippen molar-refractivity contribution in [1.82, 2.24) is 4.98 Å². The maximum Gasteiger partial charge on any atom is 0.252 e. The quantitative estimate of drug-likeness (QED) is 0.647. The molecule has 0 spiro atoms. The Morgan fingerprint density at radius 1 is 1.32 bits per heavy atom. The van der Waals surface area contributed by atoms with Gasteiger partial charge in [0.05, 0.1) is 29.1 Å². The van der Waals surface area contributed by atoms with Crippen molar-refractivity contribution in [3.8, 4) is 0 Å². The molecule has 1 unspecified atom stereocenters. The number of furan rings is 1. The van der Waals surface area contributed by atoms with Gasteiger partial charge in [0, 0.05) is 12.7 Å². The highest BCUT2D eigenvalue weighted by atomic mass is 32.1. The molecule has 3 heterocycles. The van der Waals surface area contributed by atoms with Gasteiger partial charge in [0.1, 0.15) is 5.76 Å². The van der Waals surface area contributed by atoms with Crippen LogP contribution in [-0.2, 0) is 9.53 Å². The van der Waals surface area contributed by atoms with Gasteiger partial charge in [-0.1, -0.05) is 23.5 Å². The summed E-state index contributed by atoms with van der Waals surface area (Å²) >= 11 is 1.52. The molecule has 128 valence electrons. The Balaban J connectivity index is 1.61. The standard InChI is InChI=1S/C19H18N2O3S/c22-18(10-9-14-5-3-11-23-14)21(13-15-6-4-12-24-15)19-20-16-7-1-2-8-17(16)25-19/h1-3,5,7-11,15H,4,6,12-13H2/b10-9+. The van der Waals surface area contributed by atoms with Gasteiger partial charge in [-0.25, -0.2) is 4.98 Å². The van der Waals surface area contributed by atoms with Crippen LogP contribution in [0.15, 0.2) is 53.2 Å². The molecule has 25 heavy (non-hydrogen) atoms. The Morgan fingerprint density at radius 3 is 3.00 bits per heavy atom. The van der Waals surface area contributed by atoms with Gasteiger partial charge in [-0.15, -0.1) is 0 Å². The van der Waals surface area contributed by atoms with Gasteiger partial charge in [-0.3, -0.25) is 9.69 Å². The molecule has 1 amide bonds. The molecule has 4 rings (SSSR count). The van der Waals surface area contributed by atoms with Crippen molar-refractivity contribution in [3.63, 3.8) is 0 Å². The van der Waals surface area contributed by atoms with Gasteiger partial charge < -0.3 is 9.15 Å². The second-order valence-corrected chi connectivity index (χ2v) is 6.91. The monoisotopic (exact) mass is 354 g/mol. The summed E-state index contributed by atoms with van der Waals surface area (Å²) in [5.74, 6) is 0.528. The summed E-state index contributed by atoms with van der Waals surface area (Å²) in [4.78, 5) is 19.2. The van der Waals surface area contributed by atoms with Crippen LogP contribution in [0.3, 0.4) is 0 Å². The number of hydrogen-bond donors (Lipinski definition) is 0. The van der Waals surface area contributed by atoms with Gasteiger partial charge in [0.2, 0.25) is 0 Å². The average Bonchev–Trinajstić information content (AvgIpc) is 3.38. The minimum absolute atomic E-state index is 0.0629. The van der Waals surface area contributed by atoms with Crippen molar-refractivity contribution in [2.75, 3.05) is 18.1 Å².